The zero-order valence-corrected chi connectivity index (χ0v) is 16.5. The molecule has 0 unspecified atom stereocenters. The van der Waals surface area contributed by atoms with Gasteiger partial charge in [0.25, 0.3) is 0 Å². The molecule has 0 saturated carbocycles. The third-order valence-corrected chi connectivity index (χ3v) is 4.62. The van der Waals surface area contributed by atoms with Crippen LogP contribution in [0.3, 0.4) is 0 Å². The molecule has 0 atom stereocenters. The average molecular weight is 408 g/mol. The molecule has 2 heterocycles. The number of hydrogen-bond donors (Lipinski definition) is 0. The molecule has 4 aromatic rings. The Hall–Kier alpha value is -3.45. The van der Waals surface area contributed by atoms with Crippen molar-refractivity contribution in [3.8, 4) is 22.7 Å². The molecule has 4 rings (SSSR count). The lowest BCUT2D eigenvalue weighted by Gasteiger charge is -2.14. The summed E-state index contributed by atoms with van der Waals surface area (Å²) in [5.74, 6) is 1.75. The zero-order valence-electron chi connectivity index (χ0n) is 15.7. The summed E-state index contributed by atoms with van der Waals surface area (Å²) in [7, 11) is 1.71. The molecular formula is C21H18ClN5O2. The molecule has 0 N–H and O–H groups in total. The van der Waals surface area contributed by atoms with Crippen molar-refractivity contribution in [2.24, 2.45) is 0 Å². The fourth-order valence-corrected chi connectivity index (χ4v) is 2.93. The predicted molar refractivity (Wildman–Crippen MR) is 109 cm³/mol. The van der Waals surface area contributed by atoms with E-state index in [1.807, 2.05) is 66.7 Å². The van der Waals surface area contributed by atoms with Crippen molar-refractivity contribution < 1.29 is 9.21 Å². The van der Waals surface area contributed by atoms with E-state index in [9.17, 15) is 4.79 Å². The molecule has 0 aliphatic carbocycles. The molecule has 2 aromatic carbocycles. The van der Waals surface area contributed by atoms with E-state index in [1.54, 1.807) is 11.9 Å². The van der Waals surface area contributed by atoms with Gasteiger partial charge in [-0.3, -0.25) is 4.79 Å². The van der Waals surface area contributed by atoms with E-state index in [0.717, 1.165) is 16.9 Å². The number of hydrogen-bond acceptors (Lipinski definition) is 5. The summed E-state index contributed by atoms with van der Waals surface area (Å²) < 4.78 is 5.86. The summed E-state index contributed by atoms with van der Waals surface area (Å²) >= 11 is 5.92. The highest BCUT2D eigenvalue weighted by Gasteiger charge is 2.15. The normalized spacial score (nSPS) is 10.8. The number of furan rings is 1. The standard InChI is InChI=1S/C21H18ClN5O2/c1-26(13-18-11-12-19(29-18)15-7-9-17(22)10-8-15)20(28)14-27-24-21(23-25-27)16-5-3-2-4-6-16/h2-12H,13-14H2,1H3. The van der Waals surface area contributed by atoms with Crippen molar-refractivity contribution >= 4 is 17.5 Å². The maximum atomic E-state index is 12.5. The number of carbonyl (C=O) groups is 1. The first-order chi connectivity index (χ1) is 14.1. The second-order valence-electron chi connectivity index (χ2n) is 6.53. The highest BCUT2D eigenvalue weighted by atomic mass is 35.5. The van der Waals surface area contributed by atoms with E-state index in [-0.39, 0.29) is 12.5 Å². The molecule has 2 aromatic heterocycles. The molecule has 0 spiro atoms. The maximum Gasteiger partial charge on any atom is 0.246 e. The van der Waals surface area contributed by atoms with Crippen LogP contribution in [-0.4, -0.2) is 38.1 Å². The van der Waals surface area contributed by atoms with Gasteiger partial charge in [0, 0.05) is 23.2 Å². The number of nitrogens with zero attached hydrogens (tertiary/aromatic N) is 5. The molecule has 146 valence electrons. The monoisotopic (exact) mass is 407 g/mol. The van der Waals surface area contributed by atoms with Crippen molar-refractivity contribution in [2.45, 2.75) is 13.1 Å². The summed E-state index contributed by atoms with van der Waals surface area (Å²) in [5.41, 5.74) is 1.78. The lowest BCUT2D eigenvalue weighted by Crippen LogP contribution is -2.30. The van der Waals surface area contributed by atoms with Gasteiger partial charge in [-0.15, -0.1) is 10.2 Å². The lowest BCUT2D eigenvalue weighted by atomic mass is 10.2. The molecule has 0 bridgehead atoms. The number of amides is 1. The zero-order chi connectivity index (χ0) is 20.2. The fourth-order valence-electron chi connectivity index (χ4n) is 2.81. The van der Waals surface area contributed by atoms with Gasteiger partial charge in [0.05, 0.1) is 6.54 Å². The first kappa shape index (κ1) is 18.9. The SMILES string of the molecule is CN(Cc1ccc(-c2ccc(Cl)cc2)o1)C(=O)Cn1nnc(-c2ccccc2)n1. The van der Waals surface area contributed by atoms with Gasteiger partial charge in [-0.1, -0.05) is 41.9 Å². The Kier molecular flexibility index (Phi) is 5.39. The van der Waals surface area contributed by atoms with Crippen LogP contribution in [0.25, 0.3) is 22.7 Å². The average Bonchev–Trinajstić information content (AvgIpc) is 3.39. The van der Waals surface area contributed by atoms with E-state index in [1.165, 1.54) is 4.80 Å². The maximum absolute atomic E-state index is 12.5. The number of carbonyl (C=O) groups excluding carboxylic acids is 1. The van der Waals surface area contributed by atoms with Crippen LogP contribution in [0.15, 0.2) is 71.1 Å². The van der Waals surface area contributed by atoms with Crippen LogP contribution in [0.4, 0.5) is 0 Å². The number of rotatable bonds is 6. The van der Waals surface area contributed by atoms with Crippen LogP contribution < -0.4 is 0 Å². The topological polar surface area (TPSA) is 77.0 Å². The third-order valence-electron chi connectivity index (χ3n) is 4.37. The van der Waals surface area contributed by atoms with E-state index in [0.29, 0.717) is 23.2 Å². The van der Waals surface area contributed by atoms with Crippen LogP contribution >= 0.6 is 11.6 Å². The number of tetrazole rings is 1. The lowest BCUT2D eigenvalue weighted by molar-refractivity contribution is -0.131. The second-order valence-corrected chi connectivity index (χ2v) is 6.97. The third kappa shape index (κ3) is 4.52. The van der Waals surface area contributed by atoms with E-state index >= 15 is 0 Å². The van der Waals surface area contributed by atoms with Gasteiger partial charge in [0.1, 0.15) is 18.1 Å². The Morgan fingerprint density at radius 2 is 1.79 bits per heavy atom. The smallest absolute Gasteiger partial charge is 0.246 e. The molecule has 8 heteroatoms. The van der Waals surface area contributed by atoms with Gasteiger partial charge in [-0.05, 0) is 41.6 Å². The molecule has 1 amide bonds. The van der Waals surface area contributed by atoms with Gasteiger partial charge in [0.2, 0.25) is 11.7 Å². The van der Waals surface area contributed by atoms with E-state index in [4.69, 9.17) is 16.0 Å². The van der Waals surface area contributed by atoms with Crippen molar-refractivity contribution in [1.82, 2.24) is 25.1 Å². The molecule has 0 aliphatic rings. The summed E-state index contributed by atoms with van der Waals surface area (Å²) in [6.07, 6.45) is 0. The highest BCUT2D eigenvalue weighted by molar-refractivity contribution is 6.30. The largest absolute Gasteiger partial charge is 0.459 e. The van der Waals surface area contributed by atoms with Crippen molar-refractivity contribution in [2.75, 3.05) is 7.05 Å². The first-order valence-corrected chi connectivity index (χ1v) is 9.38. The Bertz CT molecular complexity index is 1110. The Morgan fingerprint density at radius 3 is 2.55 bits per heavy atom. The number of halogens is 1. The van der Waals surface area contributed by atoms with E-state index in [2.05, 4.69) is 15.4 Å². The summed E-state index contributed by atoms with van der Waals surface area (Å²) in [6, 6.07) is 20.6. The minimum absolute atomic E-state index is 0.00108. The number of aromatic nitrogens is 4. The Morgan fingerprint density at radius 1 is 1.03 bits per heavy atom. The first-order valence-electron chi connectivity index (χ1n) is 9.00. The summed E-state index contributed by atoms with van der Waals surface area (Å²) in [4.78, 5) is 15.4. The quantitative estimate of drug-likeness (QED) is 0.484. The van der Waals surface area contributed by atoms with Crippen LogP contribution in [0.2, 0.25) is 5.02 Å². The molecule has 7 nitrogen and oxygen atoms in total. The number of likely N-dealkylation sites (N-methyl/N-ethyl adjacent to an activating group) is 1. The minimum atomic E-state index is -0.147. The van der Waals surface area contributed by atoms with Gasteiger partial charge >= 0.3 is 0 Å². The highest BCUT2D eigenvalue weighted by Crippen LogP contribution is 2.24. The number of benzene rings is 2. The van der Waals surface area contributed by atoms with Crippen LogP contribution in [-0.2, 0) is 17.9 Å². The Labute approximate surface area is 172 Å². The second kappa shape index (κ2) is 8.28. The van der Waals surface area contributed by atoms with Gasteiger partial charge in [-0.2, -0.15) is 4.80 Å². The summed E-state index contributed by atoms with van der Waals surface area (Å²) in [6.45, 7) is 0.341. The molecule has 0 fully saturated rings. The molecule has 0 aliphatic heterocycles. The predicted octanol–water partition coefficient (Wildman–Crippen LogP) is 3.91. The minimum Gasteiger partial charge on any atom is -0.459 e. The molecular weight excluding hydrogens is 390 g/mol. The molecule has 0 saturated heterocycles. The van der Waals surface area contributed by atoms with Crippen molar-refractivity contribution in [3.63, 3.8) is 0 Å². The van der Waals surface area contributed by atoms with Crippen molar-refractivity contribution in [1.29, 1.82) is 0 Å². The Balaban J connectivity index is 1.38. The van der Waals surface area contributed by atoms with Crippen molar-refractivity contribution in [3.05, 3.63) is 77.5 Å². The fraction of sp³-hybridized carbons (Fsp3) is 0.143. The van der Waals surface area contributed by atoms with Crippen LogP contribution in [0.5, 0.6) is 0 Å². The van der Waals surface area contributed by atoms with Crippen LogP contribution in [0.1, 0.15) is 5.76 Å². The van der Waals surface area contributed by atoms with E-state index < -0.39 is 0 Å². The molecule has 0 radical (unpaired) electrons. The van der Waals surface area contributed by atoms with Crippen LogP contribution in [0, 0.1) is 0 Å². The van der Waals surface area contributed by atoms with Gasteiger partial charge in [-0.25, -0.2) is 0 Å². The van der Waals surface area contributed by atoms with Gasteiger partial charge < -0.3 is 9.32 Å². The molecule has 29 heavy (non-hydrogen) atoms. The van der Waals surface area contributed by atoms with Gasteiger partial charge in [0.15, 0.2) is 0 Å². The summed E-state index contributed by atoms with van der Waals surface area (Å²) in [5, 5.41) is 12.9.